The zero-order valence-electron chi connectivity index (χ0n) is 22.2. The van der Waals surface area contributed by atoms with E-state index in [1.807, 2.05) is 62.4 Å². The molecule has 202 valence electrons. The summed E-state index contributed by atoms with van der Waals surface area (Å²) in [6, 6.07) is 27.6. The molecule has 0 spiro atoms. The summed E-state index contributed by atoms with van der Waals surface area (Å²) >= 11 is 8.68. The molecule has 0 radical (unpaired) electrons. The molecule has 8 heteroatoms. The van der Waals surface area contributed by atoms with Crippen molar-refractivity contribution in [3.8, 4) is 17.2 Å². The van der Waals surface area contributed by atoms with Crippen LogP contribution >= 0.6 is 34.2 Å². The van der Waals surface area contributed by atoms with Gasteiger partial charge in [0.15, 0.2) is 11.5 Å². The Bertz CT molecular complexity index is 1720. The number of fused-ring (bicyclic) bond motifs is 1. The van der Waals surface area contributed by atoms with Crippen LogP contribution < -0.4 is 14.9 Å². The van der Waals surface area contributed by atoms with Crippen LogP contribution in [0.25, 0.3) is 16.5 Å². The average molecular weight is 664 g/mol. The van der Waals surface area contributed by atoms with Crippen molar-refractivity contribution in [2.75, 3.05) is 7.11 Å². The van der Waals surface area contributed by atoms with Crippen molar-refractivity contribution in [1.29, 1.82) is 0 Å². The minimum absolute atomic E-state index is 0.342. The number of methoxy groups -OCH3 is 1. The third kappa shape index (κ3) is 5.85. The number of aromatic nitrogens is 1. The number of carbonyl (C=O) groups is 1. The van der Waals surface area contributed by atoms with Gasteiger partial charge in [0.2, 0.25) is 0 Å². The Kier molecular flexibility index (Phi) is 8.42. The maximum absolute atomic E-state index is 12.8. The molecule has 5 rings (SSSR count). The second-order valence-electron chi connectivity index (χ2n) is 9.28. The summed E-state index contributed by atoms with van der Waals surface area (Å²) in [5.41, 5.74) is 7.82. The molecule has 0 aliphatic rings. The van der Waals surface area contributed by atoms with E-state index in [2.05, 4.69) is 62.0 Å². The normalized spacial score (nSPS) is 11.2. The van der Waals surface area contributed by atoms with E-state index in [4.69, 9.17) is 21.1 Å². The lowest BCUT2D eigenvalue weighted by Gasteiger charge is -2.14. The van der Waals surface area contributed by atoms with Crippen LogP contribution in [0.3, 0.4) is 0 Å². The minimum atomic E-state index is -0.398. The number of hydrazone groups is 1. The first-order valence-electron chi connectivity index (χ1n) is 12.6. The molecule has 40 heavy (non-hydrogen) atoms. The van der Waals surface area contributed by atoms with Crippen LogP contribution in [0.5, 0.6) is 11.5 Å². The highest BCUT2D eigenvalue weighted by Crippen LogP contribution is 2.34. The summed E-state index contributed by atoms with van der Waals surface area (Å²) in [6.07, 6.45) is 1.56. The maximum Gasteiger partial charge on any atom is 0.272 e. The third-order valence-electron chi connectivity index (χ3n) is 6.61. The van der Waals surface area contributed by atoms with Gasteiger partial charge in [0.05, 0.1) is 27.5 Å². The molecular weight excluding hydrogens is 637 g/mol. The fraction of sp³-hybridized carbons (Fsp3) is 0.125. The summed E-state index contributed by atoms with van der Waals surface area (Å²) in [6.45, 7) is 4.45. The van der Waals surface area contributed by atoms with Crippen molar-refractivity contribution in [2.24, 2.45) is 5.10 Å². The highest BCUT2D eigenvalue weighted by molar-refractivity contribution is 14.1. The number of ether oxygens (including phenoxy) is 2. The fourth-order valence-corrected chi connectivity index (χ4v) is 5.69. The Morgan fingerprint density at radius 3 is 2.50 bits per heavy atom. The quantitative estimate of drug-likeness (QED) is 0.105. The average Bonchev–Trinajstić information content (AvgIpc) is 3.29. The van der Waals surface area contributed by atoms with Crippen LogP contribution in [0.2, 0.25) is 5.02 Å². The largest absolute Gasteiger partial charge is 0.493 e. The molecule has 1 N–H and O–H groups in total. The zero-order chi connectivity index (χ0) is 28.2. The molecule has 0 aliphatic heterocycles. The summed E-state index contributed by atoms with van der Waals surface area (Å²) in [4.78, 5) is 12.8. The Labute approximate surface area is 251 Å². The number of hydrogen-bond donors (Lipinski definition) is 1. The number of hydrogen-bond acceptors (Lipinski definition) is 4. The minimum Gasteiger partial charge on any atom is -0.493 e. The summed E-state index contributed by atoms with van der Waals surface area (Å²) in [5.74, 6) is 0.830. The molecule has 0 saturated heterocycles. The second kappa shape index (κ2) is 12.1. The third-order valence-corrected chi connectivity index (χ3v) is 7.72. The van der Waals surface area contributed by atoms with Crippen LogP contribution in [0, 0.1) is 17.4 Å². The standard InChI is InChI=1S/C32H27ClIN3O3/c1-20-11-12-21(2)37(20)25-13-14-27(28(33)17-25)32(38)36-35-18-22-15-29(34)31(30(16-22)39-3)40-19-24-9-6-8-23-7-4-5-10-26(23)24/h4-18H,19H2,1-3H3,(H,36,38)/b35-18-. The van der Waals surface area contributed by atoms with Crippen molar-refractivity contribution < 1.29 is 14.3 Å². The Balaban J connectivity index is 1.28. The van der Waals surface area contributed by atoms with Gasteiger partial charge >= 0.3 is 0 Å². The Hall–Kier alpha value is -3.82. The molecule has 4 aromatic carbocycles. The molecule has 1 amide bonds. The molecule has 1 heterocycles. The van der Waals surface area contributed by atoms with Crippen LogP contribution in [0.4, 0.5) is 0 Å². The van der Waals surface area contributed by atoms with Gasteiger partial charge < -0.3 is 14.0 Å². The number of nitrogens with zero attached hydrogens (tertiary/aromatic N) is 2. The Morgan fingerprint density at radius 1 is 1.00 bits per heavy atom. The van der Waals surface area contributed by atoms with E-state index in [-0.39, 0.29) is 0 Å². The maximum atomic E-state index is 12.8. The van der Waals surface area contributed by atoms with Gasteiger partial charge in [-0.2, -0.15) is 5.10 Å². The van der Waals surface area contributed by atoms with Crippen molar-refractivity contribution in [3.05, 3.63) is 122 Å². The van der Waals surface area contributed by atoms with Gasteiger partial charge in [0, 0.05) is 17.1 Å². The number of aryl methyl sites for hydroxylation is 2. The molecule has 1 aromatic heterocycles. The van der Waals surface area contributed by atoms with Gasteiger partial charge in [-0.15, -0.1) is 0 Å². The van der Waals surface area contributed by atoms with Crippen molar-refractivity contribution in [1.82, 2.24) is 9.99 Å². The van der Waals surface area contributed by atoms with Crippen LogP contribution in [-0.2, 0) is 6.61 Å². The van der Waals surface area contributed by atoms with E-state index in [0.717, 1.165) is 37.2 Å². The molecule has 0 fully saturated rings. The number of benzene rings is 4. The molecular formula is C32H27ClIN3O3. The van der Waals surface area contributed by atoms with E-state index < -0.39 is 5.91 Å². The molecule has 5 aromatic rings. The number of nitrogens with one attached hydrogen (secondary N) is 1. The van der Waals surface area contributed by atoms with E-state index in [9.17, 15) is 4.79 Å². The molecule has 0 atom stereocenters. The van der Waals surface area contributed by atoms with Crippen LogP contribution in [0.15, 0.2) is 90.0 Å². The Morgan fingerprint density at radius 2 is 1.75 bits per heavy atom. The van der Waals surface area contributed by atoms with E-state index >= 15 is 0 Å². The van der Waals surface area contributed by atoms with Gasteiger partial charge in [0.1, 0.15) is 6.61 Å². The highest BCUT2D eigenvalue weighted by Gasteiger charge is 2.14. The summed E-state index contributed by atoms with van der Waals surface area (Å²) in [7, 11) is 1.60. The van der Waals surface area contributed by atoms with Crippen molar-refractivity contribution in [3.63, 3.8) is 0 Å². The van der Waals surface area contributed by atoms with Crippen molar-refractivity contribution >= 4 is 57.1 Å². The zero-order valence-corrected chi connectivity index (χ0v) is 25.2. The lowest BCUT2D eigenvalue weighted by Crippen LogP contribution is -2.18. The summed E-state index contributed by atoms with van der Waals surface area (Å²) in [5, 5.41) is 6.82. The van der Waals surface area contributed by atoms with Crippen LogP contribution in [0.1, 0.15) is 32.9 Å². The smallest absolute Gasteiger partial charge is 0.272 e. The molecule has 6 nitrogen and oxygen atoms in total. The molecule has 0 bridgehead atoms. The lowest BCUT2D eigenvalue weighted by molar-refractivity contribution is 0.0955. The van der Waals surface area contributed by atoms with Crippen LogP contribution in [-0.4, -0.2) is 23.8 Å². The van der Waals surface area contributed by atoms with Gasteiger partial charge in [0.25, 0.3) is 5.91 Å². The molecule has 0 aliphatic carbocycles. The SMILES string of the molecule is COc1cc(/C=N\NC(=O)c2ccc(-n3c(C)ccc3C)cc2Cl)cc(I)c1OCc1cccc2ccccc12. The first kappa shape index (κ1) is 27.7. The van der Waals surface area contributed by atoms with E-state index in [1.54, 1.807) is 25.5 Å². The monoisotopic (exact) mass is 663 g/mol. The topological polar surface area (TPSA) is 64.8 Å². The predicted molar refractivity (Wildman–Crippen MR) is 169 cm³/mol. The summed E-state index contributed by atoms with van der Waals surface area (Å²) < 4.78 is 14.8. The number of halogens is 2. The van der Waals surface area contributed by atoms with E-state index in [0.29, 0.717) is 28.7 Å². The molecule has 0 saturated carbocycles. The lowest BCUT2D eigenvalue weighted by atomic mass is 10.1. The van der Waals surface area contributed by atoms with Gasteiger partial charge in [-0.3, -0.25) is 4.79 Å². The predicted octanol–water partition coefficient (Wildman–Crippen LogP) is 7.86. The fourth-order valence-electron chi connectivity index (χ4n) is 4.65. The second-order valence-corrected chi connectivity index (χ2v) is 10.8. The number of amides is 1. The van der Waals surface area contributed by atoms with E-state index in [1.165, 1.54) is 5.39 Å². The highest BCUT2D eigenvalue weighted by atomic mass is 127. The first-order valence-corrected chi connectivity index (χ1v) is 14.1. The molecule has 0 unspecified atom stereocenters. The first-order chi connectivity index (χ1) is 19.4. The number of rotatable bonds is 8. The van der Waals surface area contributed by atoms with Gasteiger partial charge in [-0.25, -0.2) is 5.43 Å². The van der Waals surface area contributed by atoms with Crippen molar-refractivity contribution in [2.45, 2.75) is 20.5 Å². The van der Waals surface area contributed by atoms with Gasteiger partial charge in [-0.1, -0.05) is 54.1 Å². The van der Waals surface area contributed by atoms with Gasteiger partial charge in [-0.05, 0) is 101 Å². The number of carbonyl (C=O) groups excluding carboxylic acids is 1.